The van der Waals surface area contributed by atoms with E-state index in [1.165, 1.54) is 46.7 Å². The van der Waals surface area contributed by atoms with Crippen molar-refractivity contribution in [3.05, 3.63) is 144 Å². The van der Waals surface area contributed by atoms with Crippen LogP contribution in [-0.4, -0.2) is 6.29 Å². The Labute approximate surface area is 275 Å². The number of nitriles is 1. The number of benzene rings is 5. The quantitative estimate of drug-likeness (QED) is 0.110. The first-order valence-electron chi connectivity index (χ1n) is 16.5. The van der Waals surface area contributed by atoms with Crippen molar-refractivity contribution in [1.29, 1.82) is 5.26 Å². The highest BCUT2D eigenvalue weighted by molar-refractivity contribution is 5.85. The lowest BCUT2D eigenvalue weighted by molar-refractivity contribution is -0.0854. The smallest absolute Gasteiger partial charge is 0.213 e. The fourth-order valence-corrected chi connectivity index (χ4v) is 5.03. The summed E-state index contributed by atoms with van der Waals surface area (Å²) in [6.45, 7) is 7.76. The van der Waals surface area contributed by atoms with Crippen LogP contribution < -0.4 is 9.47 Å². The van der Waals surface area contributed by atoms with Crippen molar-refractivity contribution in [2.45, 2.75) is 78.8 Å². The molecule has 0 radical (unpaired) electrons. The van der Waals surface area contributed by atoms with E-state index in [4.69, 9.17) is 19.5 Å². The zero-order chi connectivity index (χ0) is 32.4. The maximum absolute atomic E-state index is 8.94. The van der Waals surface area contributed by atoms with E-state index in [1.54, 1.807) is 0 Å². The van der Waals surface area contributed by atoms with E-state index in [1.807, 2.05) is 42.5 Å². The van der Waals surface area contributed by atoms with Crippen LogP contribution in [0.1, 0.15) is 68.7 Å². The molecule has 0 aliphatic rings. The summed E-state index contributed by atoms with van der Waals surface area (Å²) in [5.41, 5.74) is 4.98. The van der Waals surface area contributed by atoms with E-state index in [9.17, 15) is 0 Å². The van der Waals surface area contributed by atoms with Gasteiger partial charge in [0.1, 0.15) is 18.1 Å². The maximum Gasteiger partial charge on any atom is 0.213 e. The van der Waals surface area contributed by atoms with Crippen molar-refractivity contribution in [3.63, 3.8) is 0 Å². The monoisotopic (exact) mass is 613 g/mol. The van der Waals surface area contributed by atoms with Gasteiger partial charge in [-0.3, -0.25) is 0 Å². The Hall–Kier alpha value is -4.59. The van der Waals surface area contributed by atoms with Crippen molar-refractivity contribution in [1.82, 2.24) is 0 Å². The zero-order valence-corrected chi connectivity index (χ0v) is 27.5. The fourth-order valence-electron chi connectivity index (χ4n) is 5.03. The Bertz CT molecular complexity index is 1600. The van der Waals surface area contributed by atoms with Crippen molar-refractivity contribution in [2.24, 2.45) is 5.92 Å². The first-order chi connectivity index (χ1) is 22.5. The molecule has 0 aliphatic carbocycles. The second-order valence-corrected chi connectivity index (χ2v) is 12.0. The number of nitrogens with zero attached hydrogens (tertiary/aromatic N) is 1. The SMILES string of the molecule is CC(C)CCc1ccc(OCc2cccc3ccccc23)cc1.CCCCc1ccc(OC(CC#N)OCc2ccccc2)cc1. The standard InChI is InChI=1S/C22H24O.C20H23NO2/c1-17(2)10-11-18-12-14-21(15-13-18)23-16-20-8-5-7-19-6-3-4-9-22(19)20;1-2-3-7-17-10-12-19(13-11-17)23-20(14-15-21)22-16-18-8-5-4-6-9-18/h3-9,12-15,17H,10-11,16H2,1-2H3;4-6,8-13,20H,2-3,7,14,16H2,1H3. The summed E-state index contributed by atoms with van der Waals surface area (Å²) in [7, 11) is 0. The van der Waals surface area contributed by atoms with E-state index in [0.29, 0.717) is 13.2 Å². The summed E-state index contributed by atoms with van der Waals surface area (Å²) < 4.78 is 17.5. The Balaban J connectivity index is 0.000000209. The lowest BCUT2D eigenvalue weighted by atomic mass is 10.0. The molecular weight excluding hydrogens is 566 g/mol. The summed E-state index contributed by atoms with van der Waals surface area (Å²) in [6.07, 6.45) is 5.49. The molecule has 0 bridgehead atoms. The third-order valence-corrected chi connectivity index (χ3v) is 7.75. The van der Waals surface area contributed by atoms with Crippen LogP contribution in [0.25, 0.3) is 10.8 Å². The molecule has 0 spiro atoms. The molecule has 1 unspecified atom stereocenters. The van der Waals surface area contributed by atoms with E-state index in [0.717, 1.165) is 35.8 Å². The molecule has 46 heavy (non-hydrogen) atoms. The van der Waals surface area contributed by atoms with Gasteiger partial charge < -0.3 is 14.2 Å². The largest absolute Gasteiger partial charge is 0.489 e. The molecular formula is C42H47NO3. The number of hydrogen-bond acceptors (Lipinski definition) is 4. The second-order valence-electron chi connectivity index (χ2n) is 12.0. The molecule has 0 N–H and O–H groups in total. The third kappa shape index (κ3) is 11.7. The minimum Gasteiger partial charge on any atom is -0.489 e. The minimum atomic E-state index is -0.554. The topological polar surface area (TPSA) is 51.5 Å². The van der Waals surface area contributed by atoms with Gasteiger partial charge in [-0.05, 0) is 88.9 Å². The number of rotatable bonds is 15. The van der Waals surface area contributed by atoms with Gasteiger partial charge in [0.2, 0.25) is 6.29 Å². The lowest BCUT2D eigenvalue weighted by Crippen LogP contribution is -2.20. The van der Waals surface area contributed by atoms with Gasteiger partial charge in [-0.2, -0.15) is 5.26 Å². The number of aryl methyl sites for hydroxylation is 2. The van der Waals surface area contributed by atoms with E-state index < -0.39 is 6.29 Å². The molecule has 0 aromatic heterocycles. The molecule has 0 saturated heterocycles. The molecule has 0 fully saturated rings. The van der Waals surface area contributed by atoms with Crippen LogP contribution in [0.3, 0.4) is 0 Å². The van der Waals surface area contributed by atoms with Crippen LogP contribution >= 0.6 is 0 Å². The number of hydrogen-bond donors (Lipinski definition) is 0. The lowest BCUT2D eigenvalue weighted by Gasteiger charge is -2.17. The molecule has 5 aromatic carbocycles. The summed E-state index contributed by atoms with van der Waals surface area (Å²) in [4.78, 5) is 0. The van der Waals surface area contributed by atoms with Crippen LogP contribution in [-0.2, 0) is 30.8 Å². The van der Waals surface area contributed by atoms with Crippen molar-refractivity contribution >= 4 is 10.8 Å². The van der Waals surface area contributed by atoms with Crippen LogP contribution in [0.4, 0.5) is 0 Å². The second kappa shape index (κ2) is 19.0. The normalized spacial score (nSPS) is 11.4. The average molecular weight is 614 g/mol. The molecule has 0 saturated carbocycles. The van der Waals surface area contributed by atoms with Crippen molar-refractivity contribution in [3.8, 4) is 17.6 Å². The molecule has 0 amide bonds. The van der Waals surface area contributed by atoms with Crippen LogP contribution in [0, 0.1) is 17.2 Å². The molecule has 1 atom stereocenters. The van der Waals surface area contributed by atoms with E-state index in [2.05, 4.69) is 106 Å². The van der Waals surface area contributed by atoms with Gasteiger partial charge in [-0.1, -0.05) is 124 Å². The van der Waals surface area contributed by atoms with Gasteiger partial charge >= 0.3 is 0 Å². The van der Waals surface area contributed by atoms with Crippen LogP contribution in [0.5, 0.6) is 11.5 Å². The van der Waals surface area contributed by atoms with Gasteiger partial charge in [0.15, 0.2) is 0 Å². The first kappa shape index (κ1) is 34.3. The van der Waals surface area contributed by atoms with Crippen molar-refractivity contribution in [2.75, 3.05) is 0 Å². The molecule has 0 heterocycles. The molecule has 4 heteroatoms. The third-order valence-electron chi connectivity index (χ3n) is 7.75. The number of unbranched alkanes of at least 4 members (excludes halogenated alkanes) is 1. The van der Waals surface area contributed by atoms with Crippen LogP contribution in [0.15, 0.2) is 121 Å². The highest BCUT2D eigenvalue weighted by atomic mass is 16.7. The molecule has 4 nitrogen and oxygen atoms in total. The highest BCUT2D eigenvalue weighted by Gasteiger charge is 2.11. The van der Waals surface area contributed by atoms with Gasteiger partial charge in [0.05, 0.1) is 19.1 Å². The van der Waals surface area contributed by atoms with Crippen LogP contribution in [0.2, 0.25) is 0 Å². The van der Waals surface area contributed by atoms with E-state index >= 15 is 0 Å². The number of ether oxygens (including phenoxy) is 3. The maximum atomic E-state index is 8.94. The number of fused-ring (bicyclic) bond motifs is 1. The Morgan fingerprint density at radius 3 is 2.00 bits per heavy atom. The first-order valence-corrected chi connectivity index (χ1v) is 16.5. The molecule has 5 aromatic rings. The molecule has 5 rings (SSSR count). The predicted octanol–water partition coefficient (Wildman–Crippen LogP) is 10.9. The summed E-state index contributed by atoms with van der Waals surface area (Å²) in [5.74, 6) is 2.42. The van der Waals surface area contributed by atoms with Gasteiger partial charge in [0, 0.05) is 0 Å². The zero-order valence-electron chi connectivity index (χ0n) is 27.5. The Morgan fingerprint density at radius 2 is 1.30 bits per heavy atom. The Kier molecular flexibility index (Phi) is 14.2. The van der Waals surface area contributed by atoms with Gasteiger partial charge in [0.25, 0.3) is 0 Å². The summed E-state index contributed by atoms with van der Waals surface area (Å²) in [6, 6.07) is 43.4. The molecule has 0 aliphatic heterocycles. The fraction of sp³-hybridized carbons (Fsp3) is 0.310. The molecule has 238 valence electrons. The van der Waals surface area contributed by atoms with E-state index in [-0.39, 0.29) is 6.42 Å². The Morgan fingerprint density at radius 1 is 0.652 bits per heavy atom. The predicted molar refractivity (Wildman–Crippen MR) is 189 cm³/mol. The minimum absolute atomic E-state index is 0.199. The van der Waals surface area contributed by atoms with Gasteiger partial charge in [-0.25, -0.2) is 0 Å². The average Bonchev–Trinajstić information content (AvgIpc) is 3.10. The summed E-state index contributed by atoms with van der Waals surface area (Å²) >= 11 is 0. The van der Waals surface area contributed by atoms with Gasteiger partial charge in [-0.15, -0.1) is 0 Å². The highest BCUT2D eigenvalue weighted by Crippen LogP contribution is 2.22. The van der Waals surface area contributed by atoms with Crippen molar-refractivity contribution < 1.29 is 14.2 Å². The summed E-state index contributed by atoms with van der Waals surface area (Å²) in [5, 5.41) is 11.5.